The van der Waals surface area contributed by atoms with E-state index in [1.807, 2.05) is 6.26 Å². The first-order valence-corrected chi connectivity index (χ1v) is 10.2. The number of hydrogen-bond donors (Lipinski definition) is 2. The molecule has 9 nitrogen and oxygen atoms in total. The summed E-state index contributed by atoms with van der Waals surface area (Å²) in [5, 5.41) is 12.0. The zero-order chi connectivity index (χ0) is 20.1. The molecule has 2 N–H and O–H groups in total. The van der Waals surface area contributed by atoms with E-state index in [9.17, 15) is 9.59 Å². The highest BCUT2D eigenvalue weighted by Gasteiger charge is 2.14. The Bertz CT molecular complexity index is 1040. The van der Waals surface area contributed by atoms with E-state index in [0.29, 0.717) is 23.9 Å². The number of nitrogens with zero attached hydrogens (tertiary/aromatic N) is 5. The normalized spacial score (nSPS) is 11.0. The fourth-order valence-electron chi connectivity index (χ4n) is 2.71. The average Bonchev–Trinajstić information content (AvgIpc) is 3.11. The molecular formula is C18H23N7O2S. The van der Waals surface area contributed by atoms with Crippen LogP contribution >= 0.6 is 11.8 Å². The molecule has 3 aromatic heterocycles. The van der Waals surface area contributed by atoms with Crippen molar-refractivity contribution in [1.82, 2.24) is 29.6 Å². The second kappa shape index (κ2) is 8.87. The molecule has 0 radical (unpaired) electrons. The summed E-state index contributed by atoms with van der Waals surface area (Å²) in [4.78, 5) is 33.4. The van der Waals surface area contributed by atoms with Gasteiger partial charge in [-0.3, -0.25) is 9.59 Å². The van der Waals surface area contributed by atoms with Crippen LogP contribution in [0, 0.1) is 0 Å². The molecule has 28 heavy (non-hydrogen) atoms. The third-order valence-corrected chi connectivity index (χ3v) is 4.73. The van der Waals surface area contributed by atoms with Crippen LogP contribution in [0.25, 0.3) is 11.0 Å². The zero-order valence-electron chi connectivity index (χ0n) is 16.1. The summed E-state index contributed by atoms with van der Waals surface area (Å²) >= 11 is 1.46. The molecule has 0 saturated heterocycles. The number of nitrogens with one attached hydrogen (secondary N) is 2. The molecule has 0 bridgehead atoms. The Morgan fingerprint density at radius 3 is 2.86 bits per heavy atom. The molecular weight excluding hydrogens is 378 g/mol. The topological polar surface area (TPSA) is 107 Å². The van der Waals surface area contributed by atoms with Crippen LogP contribution in [0.5, 0.6) is 0 Å². The van der Waals surface area contributed by atoms with Crippen molar-refractivity contribution in [3.63, 3.8) is 0 Å². The van der Waals surface area contributed by atoms with E-state index in [1.165, 1.54) is 22.4 Å². The van der Waals surface area contributed by atoms with Gasteiger partial charge in [0.2, 0.25) is 0 Å². The first kappa shape index (κ1) is 19.9. The van der Waals surface area contributed by atoms with Crippen molar-refractivity contribution in [2.24, 2.45) is 7.05 Å². The summed E-state index contributed by atoms with van der Waals surface area (Å²) < 4.78 is 3.11. The molecule has 3 rings (SSSR count). The first-order chi connectivity index (χ1) is 13.5. The summed E-state index contributed by atoms with van der Waals surface area (Å²) in [6.45, 7) is 3.66. The summed E-state index contributed by atoms with van der Waals surface area (Å²) in [5.74, 6) is 0.363. The number of rotatable bonds is 8. The molecule has 0 aromatic carbocycles. The molecule has 1 amide bonds. The molecule has 0 aliphatic heterocycles. The minimum atomic E-state index is -0.401. The van der Waals surface area contributed by atoms with Gasteiger partial charge in [0.25, 0.3) is 11.5 Å². The largest absolute Gasteiger partial charge is 0.369 e. The fourth-order valence-corrected chi connectivity index (χ4v) is 3.07. The van der Waals surface area contributed by atoms with Crippen molar-refractivity contribution in [3.8, 4) is 0 Å². The fraction of sp³-hybridized carbons (Fsp3) is 0.389. The van der Waals surface area contributed by atoms with E-state index < -0.39 is 5.91 Å². The highest BCUT2D eigenvalue weighted by Crippen LogP contribution is 2.23. The summed E-state index contributed by atoms with van der Waals surface area (Å²) in [7, 11) is 1.61. The lowest BCUT2D eigenvalue weighted by molar-refractivity contribution is 0.0950. The van der Waals surface area contributed by atoms with E-state index in [1.54, 1.807) is 30.2 Å². The maximum Gasteiger partial charge on any atom is 0.263 e. The Labute approximate surface area is 166 Å². The number of amides is 1. The summed E-state index contributed by atoms with van der Waals surface area (Å²) in [6.07, 6.45) is 6.25. The smallest absolute Gasteiger partial charge is 0.263 e. The highest BCUT2D eigenvalue weighted by atomic mass is 32.2. The SMILES string of the molecule is CCCNc1nc(SC)nc2c1cnn2CCNC(=O)c1cccn(C)c1=O. The van der Waals surface area contributed by atoms with Gasteiger partial charge in [0.15, 0.2) is 10.8 Å². The van der Waals surface area contributed by atoms with Crippen LogP contribution in [-0.2, 0) is 13.6 Å². The van der Waals surface area contributed by atoms with Crippen molar-refractivity contribution in [2.45, 2.75) is 25.0 Å². The van der Waals surface area contributed by atoms with E-state index >= 15 is 0 Å². The number of thioether (sulfide) groups is 1. The van der Waals surface area contributed by atoms with Crippen LogP contribution < -0.4 is 16.2 Å². The Kier molecular flexibility index (Phi) is 6.30. The van der Waals surface area contributed by atoms with Crippen molar-refractivity contribution >= 4 is 34.5 Å². The molecule has 10 heteroatoms. The van der Waals surface area contributed by atoms with Crippen LogP contribution in [0.3, 0.4) is 0 Å². The minimum Gasteiger partial charge on any atom is -0.369 e. The lowest BCUT2D eigenvalue weighted by atomic mass is 10.2. The van der Waals surface area contributed by atoms with Crippen molar-refractivity contribution in [3.05, 3.63) is 40.4 Å². The predicted molar refractivity (Wildman–Crippen MR) is 110 cm³/mol. The quantitative estimate of drug-likeness (QED) is 0.435. The van der Waals surface area contributed by atoms with Gasteiger partial charge in [-0.2, -0.15) is 5.10 Å². The zero-order valence-corrected chi connectivity index (χ0v) is 16.9. The van der Waals surface area contributed by atoms with Gasteiger partial charge in [-0.05, 0) is 24.8 Å². The van der Waals surface area contributed by atoms with E-state index in [4.69, 9.17) is 0 Å². The molecule has 0 saturated carbocycles. The molecule has 3 heterocycles. The minimum absolute atomic E-state index is 0.119. The van der Waals surface area contributed by atoms with Crippen LogP contribution in [-0.4, -0.2) is 49.6 Å². The van der Waals surface area contributed by atoms with Crippen LogP contribution in [0.1, 0.15) is 23.7 Å². The lowest BCUT2D eigenvalue weighted by Gasteiger charge is -2.09. The van der Waals surface area contributed by atoms with Crippen LogP contribution in [0.15, 0.2) is 34.5 Å². The third-order valence-electron chi connectivity index (χ3n) is 4.18. The Morgan fingerprint density at radius 1 is 1.29 bits per heavy atom. The Morgan fingerprint density at radius 2 is 2.11 bits per heavy atom. The van der Waals surface area contributed by atoms with Gasteiger partial charge in [-0.25, -0.2) is 14.6 Å². The summed E-state index contributed by atoms with van der Waals surface area (Å²) in [6, 6.07) is 3.19. The van der Waals surface area contributed by atoms with Gasteiger partial charge in [0.05, 0.1) is 18.1 Å². The van der Waals surface area contributed by atoms with E-state index in [0.717, 1.165) is 24.2 Å². The van der Waals surface area contributed by atoms with Gasteiger partial charge in [0.1, 0.15) is 11.4 Å². The number of pyridine rings is 1. The monoisotopic (exact) mass is 401 g/mol. The molecule has 0 spiro atoms. The van der Waals surface area contributed by atoms with E-state index in [-0.39, 0.29) is 11.1 Å². The number of carbonyl (C=O) groups is 1. The third kappa shape index (κ3) is 4.16. The number of carbonyl (C=O) groups excluding carboxylic acids is 1. The maximum atomic E-state index is 12.3. The molecule has 0 fully saturated rings. The second-order valence-corrected chi connectivity index (χ2v) is 6.96. The summed E-state index contributed by atoms with van der Waals surface area (Å²) in [5.41, 5.74) is 0.504. The number of hydrogen-bond acceptors (Lipinski definition) is 7. The number of aromatic nitrogens is 5. The maximum absolute atomic E-state index is 12.3. The van der Waals surface area contributed by atoms with Gasteiger partial charge < -0.3 is 15.2 Å². The van der Waals surface area contributed by atoms with Gasteiger partial charge >= 0.3 is 0 Å². The predicted octanol–water partition coefficient (Wildman–Crippen LogP) is 1.50. The van der Waals surface area contributed by atoms with Crippen LogP contribution in [0.2, 0.25) is 0 Å². The second-order valence-electron chi connectivity index (χ2n) is 6.18. The van der Waals surface area contributed by atoms with Gasteiger partial charge in [-0.15, -0.1) is 0 Å². The average molecular weight is 401 g/mol. The van der Waals surface area contributed by atoms with Gasteiger partial charge in [-0.1, -0.05) is 18.7 Å². The standard InChI is InChI=1S/C18H23N7O2S/c1-4-7-19-14-13-11-21-25(15(13)23-18(22-14)28-3)10-8-20-16(26)12-6-5-9-24(2)17(12)27/h5-6,9,11H,4,7-8,10H2,1-3H3,(H,20,26)(H,19,22,23). The van der Waals surface area contributed by atoms with Crippen molar-refractivity contribution in [2.75, 3.05) is 24.7 Å². The Hall–Kier alpha value is -2.88. The number of fused-ring (bicyclic) bond motifs is 1. The van der Waals surface area contributed by atoms with Crippen molar-refractivity contribution in [1.29, 1.82) is 0 Å². The van der Waals surface area contributed by atoms with Crippen molar-refractivity contribution < 1.29 is 4.79 Å². The van der Waals surface area contributed by atoms with Crippen LogP contribution in [0.4, 0.5) is 5.82 Å². The molecule has 0 aliphatic carbocycles. The van der Waals surface area contributed by atoms with Gasteiger partial charge in [0, 0.05) is 26.3 Å². The molecule has 0 atom stereocenters. The molecule has 148 valence electrons. The first-order valence-electron chi connectivity index (χ1n) is 9.00. The van der Waals surface area contributed by atoms with E-state index in [2.05, 4.69) is 32.6 Å². The molecule has 3 aromatic rings. The number of aryl methyl sites for hydroxylation is 1. The molecule has 0 unspecified atom stereocenters. The molecule has 0 aliphatic rings. The number of anilines is 1. The highest BCUT2D eigenvalue weighted by molar-refractivity contribution is 7.98. The lowest BCUT2D eigenvalue weighted by Crippen LogP contribution is -2.33. The Balaban J connectivity index is 1.75.